The molecular weight excluding hydrogens is 259 g/mol. The molecule has 1 heterocycles. The first kappa shape index (κ1) is 14.1. The van der Waals surface area contributed by atoms with E-state index in [1.807, 2.05) is 0 Å². The van der Waals surface area contributed by atoms with Gasteiger partial charge in [-0.2, -0.15) is 13.2 Å². The third-order valence-electron chi connectivity index (χ3n) is 3.16. The van der Waals surface area contributed by atoms with E-state index >= 15 is 0 Å². The monoisotopic (exact) mass is 275 g/mol. The Hall–Kier alpha value is -1.27. The van der Waals surface area contributed by atoms with Gasteiger partial charge in [0.1, 0.15) is 0 Å². The number of aliphatic hydroxyl groups is 1. The van der Waals surface area contributed by atoms with Gasteiger partial charge in [-0.1, -0.05) is 6.07 Å². The number of ether oxygens (including phenoxy) is 1. The van der Waals surface area contributed by atoms with Crippen molar-refractivity contribution in [2.75, 3.05) is 31.2 Å². The summed E-state index contributed by atoms with van der Waals surface area (Å²) < 4.78 is 44.5. The van der Waals surface area contributed by atoms with Crippen LogP contribution < -0.4 is 4.90 Å². The molecule has 0 amide bonds. The van der Waals surface area contributed by atoms with Crippen molar-refractivity contribution >= 4 is 5.69 Å². The molecule has 3 nitrogen and oxygen atoms in total. The predicted molar refractivity (Wildman–Crippen MR) is 65.1 cm³/mol. The van der Waals surface area contributed by atoms with Crippen LogP contribution in [-0.2, 0) is 10.9 Å². The van der Waals surface area contributed by atoms with Crippen molar-refractivity contribution in [1.29, 1.82) is 0 Å². The van der Waals surface area contributed by atoms with Gasteiger partial charge in [-0.05, 0) is 24.6 Å². The molecule has 19 heavy (non-hydrogen) atoms. The standard InChI is InChI=1S/C13H16F3NO2/c1-9(18)10-2-3-12(11(8-10)13(14,15)16)17-4-6-19-7-5-17/h2-3,8-9,18H,4-7H2,1H3/t9-/m0/s1. The number of anilines is 1. The highest BCUT2D eigenvalue weighted by Crippen LogP contribution is 2.38. The maximum atomic E-state index is 13.1. The molecule has 2 rings (SSSR count). The fourth-order valence-electron chi connectivity index (χ4n) is 2.12. The SMILES string of the molecule is C[C@H](O)c1ccc(N2CCOCC2)c(C(F)(F)F)c1. The molecule has 0 aromatic heterocycles. The molecule has 0 unspecified atom stereocenters. The molecule has 1 aromatic rings. The number of alkyl halides is 3. The molecule has 1 N–H and O–H groups in total. The molecule has 0 bridgehead atoms. The smallest absolute Gasteiger partial charge is 0.389 e. The molecule has 1 aliphatic heterocycles. The van der Waals surface area contributed by atoms with Crippen LogP contribution in [0.2, 0.25) is 0 Å². The second-order valence-electron chi connectivity index (χ2n) is 4.55. The van der Waals surface area contributed by atoms with Crippen LogP contribution in [0.5, 0.6) is 0 Å². The number of hydrogen-bond acceptors (Lipinski definition) is 3. The van der Waals surface area contributed by atoms with Crippen molar-refractivity contribution in [3.63, 3.8) is 0 Å². The van der Waals surface area contributed by atoms with Gasteiger partial charge >= 0.3 is 6.18 Å². The van der Waals surface area contributed by atoms with Gasteiger partial charge in [-0.25, -0.2) is 0 Å². The van der Waals surface area contributed by atoms with E-state index in [9.17, 15) is 18.3 Å². The Balaban J connectivity index is 2.41. The average molecular weight is 275 g/mol. The number of nitrogens with zero attached hydrogens (tertiary/aromatic N) is 1. The van der Waals surface area contributed by atoms with Gasteiger partial charge in [0.05, 0.1) is 24.9 Å². The highest BCUT2D eigenvalue weighted by molar-refractivity contribution is 5.57. The van der Waals surface area contributed by atoms with Crippen molar-refractivity contribution < 1.29 is 23.0 Å². The van der Waals surface area contributed by atoms with Gasteiger partial charge in [0.15, 0.2) is 0 Å². The lowest BCUT2D eigenvalue weighted by atomic mass is 10.0. The fourth-order valence-corrected chi connectivity index (χ4v) is 2.12. The first-order valence-corrected chi connectivity index (χ1v) is 6.11. The zero-order valence-corrected chi connectivity index (χ0v) is 10.6. The van der Waals surface area contributed by atoms with E-state index in [4.69, 9.17) is 4.74 Å². The molecule has 1 aliphatic rings. The minimum atomic E-state index is -4.43. The van der Waals surface area contributed by atoms with Gasteiger partial charge in [-0.3, -0.25) is 0 Å². The summed E-state index contributed by atoms with van der Waals surface area (Å²) in [6, 6.07) is 3.98. The summed E-state index contributed by atoms with van der Waals surface area (Å²) in [5.41, 5.74) is -0.280. The molecule has 0 saturated carbocycles. The van der Waals surface area contributed by atoms with E-state index in [1.54, 1.807) is 4.90 Å². The second kappa shape index (κ2) is 5.38. The molecule has 0 spiro atoms. The predicted octanol–water partition coefficient (Wildman–Crippen LogP) is 2.60. The number of hydrogen-bond donors (Lipinski definition) is 1. The van der Waals surface area contributed by atoms with Gasteiger partial charge in [0.2, 0.25) is 0 Å². The molecule has 0 radical (unpaired) electrons. The first-order valence-electron chi connectivity index (χ1n) is 6.11. The lowest BCUT2D eigenvalue weighted by molar-refractivity contribution is -0.137. The van der Waals surface area contributed by atoms with Gasteiger partial charge in [0, 0.05) is 18.8 Å². The van der Waals surface area contributed by atoms with Gasteiger partial charge in [0.25, 0.3) is 0 Å². The fraction of sp³-hybridized carbons (Fsp3) is 0.538. The quantitative estimate of drug-likeness (QED) is 0.900. The number of benzene rings is 1. The molecule has 0 aliphatic carbocycles. The van der Waals surface area contributed by atoms with Crippen molar-refractivity contribution in [1.82, 2.24) is 0 Å². The van der Waals surface area contributed by atoms with E-state index in [1.165, 1.54) is 19.1 Å². The van der Waals surface area contributed by atoms with Crippen molar-refractivity contribution in [2.45, 2.75) is 19.2 Å². The summed E-state index contributed by atoms with van der Waals surface area (Å²) in [7, 11) is 0. The van der Waals surface area contributed by atoms with E-state index in [0.29, 0.717) is 26.3 Å². The number of morpholine rings is 1. The van der Waals surface area contributed by atoms with E-state index in [0.717, 1.165) is 6.07 Å². The number of rotatable bonds is 2. The van der Waals surface area contributed by atoms with Crippen molar-refractivity contribution in [3.05, 3.63) is 29.3 Å². The molecular formula is C13H16F3NO2. The lowest BCUT2D eigenvalue weighted by Gasteiger charge is -2.31. The van der Waals surface area contributed by atoms with Crippen LogP contribution in [0.3, 0.4) is 0 Å². The topological polar surface area (TPSA) is 32.7 Å². The molecule has 106 valence electrons. The Morgan fingerprint density at radius 3 is 2.42 bits per heavy atom. The lowest BCUT2D eigenvalue weighted by Crippen LogP contribution is -2.37. The van der Waals surface area contributed by atoms with Crippen molar-refractivity contribution in [2.24, 2.45) is 0 Å². The Labute approximate surface area is 109 Å². The average Bonchev–Trinajstić information content (AvgIpc) is 2.38. The van der Waals surface area contributed by atoms with Gasteiger partial charge < -0.3 is 14.7 Å². The highest BCUT2D eigenvalue weighted by atomic mass is 19.4. The third kappa shape index (κ3) is 3.19. The Morgan fingerprint density at radius 2 is 1.89 bits per heavy atom. The molecule has 1 saturated heterocycles. The van der Waals surface area contributed by atoms with Crippen LogP contribution in [0.25, 0.3) is 0 Å². The summed E-state index contributed by atoms with van der Waals surface area (Å²) in [6.07, 6.45) is -5.35. The minimum absolute atomic E-state index is 0.153. The van der Waals surface area contributed by atoms with E-state index in [2.05, 4.69) is 0 Å². The molecule has 1 aromatic carbocycles. The van der Waals surface area contributed by atoms with Crippen LogP contribution in [0.1, 0.15) is 24.2 Å². The van der Waals surface area contributed by atoms with E-state index < -0.39 is 17.8 Å². The first-order chi connectivity index (χ1) is 8.89. The Bertz CT molecular complexity index is 440. The van der Waals surface area contributed by atoms with Crippen LogP contribution in [0.15, 0.2) is 18.2 Å². The third-order valence-corrected chi connectivity index (χ3v) is 3.16. The van der Waals surface area contributed by atoms with Crippen molar-refractivity contribution in [3.8, 4) is 0 Å². The zero-order chi connectivity index (χ0) is 14.0. The second-order valence-corrected chi connectivity index (χ2v) is 4.55. The Kier molecular flexibility index (Phi) is 4.01. The van der Waals surface area contributed by atoms with Crippen LogP contribution in [-0.4, -0.2) is 31.4 Å². The zero-order valence-electron chi connectivity index (χ0n) is 10.6. The van der Waals surface area contributed by atoms with E-state index in [-0.39, 0.29) is 11.3 Å². The Morgan fingerprint density at radius 1 is 1.26 bits per heavy atom. The summed E-state index contributed by atoms with van der Waals surface area (Å²) in [5.74, 6) is 0. The van der Waals surface area contributed by atoms with Crippen LogP contribution in [0, 0.1) is 0 Å². The molecule has 1 atom stereocenters. The highest BCUT2D eigenvalue weighted by Gasteiger charge is 2.35. The normalized spacial score (nSPS) is 18.5. The number of halogens is 3. The minimum Gasteiger partial charge on any atom is -0.389 e. The summed E-state index contributed by atoms with van der Waals surface area (Å²) in [6.45, 7) is 3.18. The van der Waals surface area contributed by atoms with Crippen LogP contribution in [0.4, 0.5) is 18.9 Å². The number of aliphatic hydroxyl groups excluding tert-OH is 1. The largest absolute Gasteiger partial charge is 0.418 e. The maximum absolute atomic E-state index is 13.1. The summed E-state index contributed by atoms with van der Waals surface area (Å²) >= 11 is 0. The van der Waals surface area contributed by atoms with Crippen LogP contribution >= 0.6 is 0 Å². The van der Waals surface area contributed by atoms with Gasteiger partial charge in [-0.15, -0.1) is 0 Å². The molecule has 1 fully saturated rings. The summed E-state index contributed by atoms with van der Waals surface area (Å²) in [4.78, 5) is 1.66. The summed E-state index contributed by atoms with van der Waals surface area (Å²) in [5, 5.41) is 9.41. The maximum Gasteiger partial charge on any atom is 0.418 e. The molecule has 6 heteroatoms.